The number of aromatic nitrogens is 3. The molecule has 0 aliphatic heterocycles. The van der Waals surface area contributed by atoms with Crippen LogP contribution in [0.3, 0.4) is 0 Å². The number of aryl methyl sites for hydroxylation is 1. The highest BCUT2D eigenvalue weighted by Crippen LogP contribution is 2.33. The number of thiazole rings is 1. The van der Waals surface area contributed by atoms with Crippen LogP contribution >= 0.6 is 34.4 Å². The summed E-state index contributed by atoms with van der Waals surface area (Å²) in [6, 6.07) is 13.3. The molecule has 156 valence electrons. The quantitative estimate of drug-likeness (QED) is 0.219. The largest absolute Gasteiger partial charge is 0.298 e. The highest BCUT2D eigenvalue weighted by Gasteiger charge is 2.22. The smallest absolute Gasteiger partial charge is 0.262 e. The molecule has 31 heavy (non-hydrogen) atoms. The third-order valence-corrected chi connectivity index (χ3v) is 7.05. The number of benzene rings is 1. The molecule has 0 saturated heterocycles. The van der Waals surface area contributed by atoms with Gasteiger partial charge in [0, 0.05) is 12.5 Å². The van der Waals surface area contributed by atoms with E-state index in [2.05, 4.69) is 20.3 Å². The zero-order valence-electron chi connectivity index (χ0n) is 17.0. The van der Waals surface area contributed by atoms with Crippen LogP contribution in [0.4, 0.5) is 5.13 Å². The van der Waals surface area contributed by atoms with E-state index in [1.165, 1.54) is 30.0 Å². The van der Waals surface area contributed by atoms with Gasteiger partial charge in [0.2, 0.25) is 0 Å². The zero-order valence-corrected chi connectivity index (χ0v) is 19.5. The van der Waals surface area contributed by atoms with Gasteiger partial charge in [0.05, 0.1) is 26.7 Å². The number of amides is 1. The summed E-state index contributed by atoms with van der Waals surface area (Å²) in [5, 5.41) is 5.77. The van der Waals surface area contributed by atoms with Crippen LogP contribution in [0.1, 0.15) is 32.6 Å². The lowest BCUT2D eigenvalue weighted by molar-refractivity contribution is 0.101. The van der Waals surface area contributed by atoms with Crippen molar-refractivity contribution in [3.8, 4) is 22.0 Å². The Kier molecular flexibility index (Phi) is 6.26. The van der Waals surface area contributed by atoms with Gasteiger partial charge in [-0.3, -0.25) is 14.9 Å². The maximum absolute atomic E-state index is 13.1. The first-order valence-electron chi connectivity index (χ1n) is 9.33. The summed E-state index contributed by atoms with van der Waals surface area (Å²) in [5.41, 5.74) is 2.40. The summed E-state index contributed by atoms with van der Waals surface area (Å²) in [4.78, 5) is 40.4. The van der Waals surface area contributed by atoms with E-state index in [9.17, 15) is 9.59 Å². The molecule has 0 aliphatic carbocycles. The van der Waals surface area contributed by atoms with E-state index in [-0.39, 0.29) is 11.7 Å². The van der Waals surface area contributed by atoms with Gasteiger partial charge in [-0.25, -0.2) is 15.0 Å². The summed E-state index contributed by atoms with van der Waals surface area (Å²) >= 11 is 4.11. The summed E-state index contributed by atoms with van der Waals surface area (Å²) in [5.74, 6) is 0.164. The van der Waals surface area contributed by atoms with Gasteiger partial charge in [-0.1, -0.05) is 47.7 Å². The molecule has 0 bridgehead atoms. The van der Waals surface area contributed by atoms with Gasteiger partial charge in [0.1, 0.15) is 5.03 Å². The molecule has 4 aromatic rings. The number of nitrogens with zero attached hydrogens (tertiary/aromatic N) is 3. The summed E-state index contributed by atoms with van der Waals surface area (Å²) in [7, 11) is 0. The van der Waals surface area contributed by atoms with Crippen LogP contribution in [0.25, 0.3) is 22.0 Å². The molecular formula is C22H18N4O2S3. The van der Waals surface area contributed by atoms with Crippen LogP contribution in [0.2, 0.25) is 0 Å². The summed E-state index contributed by atoms with van der Waals surface area (Å²) < 4.78 is 0. The van der Waals surface area contributed by atoms with Crippen molar-refractivity contribution >= 4 is 51.3 Å². The minimum atomic E-state index is -0.344. The monoisotopic (exact) mass is 466 g/mol. The van der Waals surface area contributed by atoms with Crippen molar-refractivity contribution in [2.24, 2.45) is 0 Å². The Morgan fingerprint density at radius 1 is 1.03 bits per heavy atom. The molecule has 1 N–H and O–H groups in total. The van der Waals surface area contributed by atoms with Gasteiger partial charge in [-0.15, -0.1) is 23.1 Å². The molecule has 0 spiro atoms. The molecule has 1 amide bonds. The van der Waals surface area contributed by atoms with E-state index in [1.807, 2.05) is 54.1 Å². The number of thiophene rings is 1. The van der Waals surface area contributed by atoms with Gasteiger partial charge in [-0.2, -0.15) is 0 Å². The van der Waals surface area contributed by atoms with Crippen LogP contribution < -0.4 is 5.32 Å². The van der Waals surface area contributed by atoms with Crippen LogP contribution in [0, 0.1) is 6.92 Å². The van der Waals surface area contributed by atoms with Gasteiger partial charge >= 0.3 is 0 Å². The van der Waals surface area contributed by atoms with Gasteiger partial charge < -0.3 is 0 Å². The lowest BCUT2D eigenvalue weighted by Gasteiger charge is -2.10. The lowest BCUT2D eigenvalue weighted by Crippen LogP contribution is -2.16. The normalized spacial score (nSPS) is 10.8. The molecule has 0 atom stereocenters. The Morgan fingerprint density at radius 3 is 2.45 bits per heavy atom. The molecule has 0 saturated carbocycles. The molecule has 3 heterocycles. The second-order valence-electron chi connectivity index (χ2n) is 6.57. The van der Waals surface area contributed by atoms with Crippen molar-refractivity contribution in [1.29, 1.82) is 0 Å². The molecule has 4 rings (SSSR count). The number of rotatable bonds is 6. The fourth-order valence-electron chi connectivity index (χ4n) is 3.04. The highest BCUT2D eigenvalue weighted by molar-refractivity contribution is 7.98. The first-order valence-corrected chi connectivity index (χ1v) is 12.2. The molecular weight excluding hydrogens is 448 g/mol. The Balaban J connectivity index is 1.68. The van der Waals surface area contributed by atoms with E-state index in [0.717, 1.165) is 10.4 Å². The Bertz CT molecular complexity index is 1250. The Morgan fingerprint density at radius 2 is 1.81 bits per heavy atom. The average molecular weight is 467 g/mol. The van der Waals surface area contributed by atoms with E-state index in [0.29, 0.717) is 37.8 Å². The fourth-order valence-corrected chi connectivity index (χ4v) is 5.19. The van der Waals surface area contributed by atoms with Crippen molar-refractivity contribution in [3.05, 3.63) is 64.0 Å². The van der Waals surface area contributed by atoms with E-state index in [1.54, 1.807) is 18.3 Å². The van der Waals surface area contributed by atoms with Crippen molar-refractivity contribution in [2.45, 2.75) is 18.9 Å². The predicted octanol–water partition coefficient (Wildman–Crippen LogP) is 5.81. The fraction of sp³-hybridized carbons (Fsp3) is 0.136. The number of hydrogen-bond donors (Lipinski definition) is 1. The van der Waals surface area contributed by atoms with E-state index in [4.69, 9.17) is 0 Å². The first kappa shape index (κ1) is 21.4. The lowest BCUT2D eigenvalue weighted by atomic mass is 10.1. The molecule has 9 heteroatoms. The minimum absolute atomic E-state index is 0.0959. The van der Waals surface area contributed by atoms with Crippen LogP contribution in [0.5, 0.6) is 0 Å². The predicted molar refractivity (Wildman–Crippen MR) is 127 cm³/mol. The summed E-state index contributed by atoms with van der Waals surface area (Å²) in [6.45, 7) is 3.30. The maximum Gasteiger partial charge on any atom is 0.262 e. The van der Waals surface area contributed by atoms with Crippen molar-refractivity contribution < 1.29 is 9.59 Å². The number of carbonyl (C=O) groups is 2. The molecule has 0 unspecified atom stereocenters. The van der Waals surface area contributed by atoms with Gasteiger partial charge in [-0.05, 0) is 24.6 Å². The number of ketones is 1. The van der Waals surface area contributed by atoms with Gasteiger partial charge in [0.15, 0.2) is 16.7 Å². The third-order valence-electron chi connectivity index (χ3n) is 4.43. The number of carbonyl (C=O) groups excluding carboxylic acids is 2. The number of Topliss-reactive ketones (excluding diaryl/α,β-unsaturated/α-hetero) is 1. The Labute approximate surface area is 191 Å². The average Bonchev–Trinajstić information content (AvgIpc) is 3.44. The van der Waals surface area contributed by atoms with Crippen LogP contribution in [-0.4, -0.2) is 32.9 Å². The van der Waals surface area contributed by atoms with Crippen molar-refractivity contribution in [1.82, 2.24) is 15.0 Å². The first-order chi connectivity index (χ1) is 15.0. The molecule has 0 aliphatic rings. The van der Waals surface area contributed by atoms with Crippen LogP contribution in [-0.2, 0) is 0 Å². The number of nitrogens with one attached hydrogen (secondary N) is 1. The maximum atomic E-state index is 13.1. The van der Waals surface area contributed by atoms with Crippen molar-refractivity contribution in [3.63, 3.8) is 0 Å². The molecule has 6 nitrogen and oxygen atoms in total. The number of anilines is 1. The van der Waals surface area contributed by atoms with Crippen LogP contribution in [0.15, 0.2) is 52.9 Å². The van der Waals surface area contributed by atoms with Gasteiger partial charge in [0.25, 0.3) is 5.91 Å². The topological polar surface area (TPSA) is 84.8 Å². The molecule has 0 fully saturated rings. The standard InChI is InChI=1S/C22H18N4O2S3/c1-12-16(21(29-3)25-19(23-12)15-10-7-11-30-15)20(28)26-22-24-17(18(31-22)13(2)27)14-8-5-4-6-9-14/h4-11H,1-3H3,(H,24,26,28). The molecule has 1 aromatic carbocycles. The second-order valence-corrected chi connectivity index (χ2v) is 9.31. The molecule has 3 aromatic heterocycles. The molecule has 0 radical (unpaired) electrons. The SMILES string of the molecule is CSc1nc(-c2cccs2)nc(C)c1C(=O)Nc1nc(-c2ccccc2)c(C(C)=O)s1. The Hall–Kier alpha value is -2.88. The van der Waals surface area contributed by atoms with E-state index >= 15 is 0 Å². The zero-order chi connectivity index (χ0) is 22.0. The van der Waals surface area contributed by atoms with Crippen molar-refractivity contribution in [2.75, 3.05) is 11.6 Å². The third kappa shape index (κ3) is 4.43. The van der Waals surface area contributed by atoms with E-state index < -0.39 is 0 Å². The minimum Gasteiger partial charge on any atom is -0.298 e. The number of thioether (sulfide) groups is 1. The summed E-state index contributed by atoms with van der Waals surface area (Å²) in [6.07, 6.45) is 1.88. The highest BCUT2D eigenvalue weighted by atomic mass is 32.2. The second kappa shape index (κ2) is 9.09. The number of hydrogen-bond acceptors (Lipinski definition) is 8.